The van der Waals surface area contributed by atoms with E-state index < -0.39 is 0 Å². The lowest BCUT2D eigenvalue weighted by molar-refractivity contribution is 0.211. The van der Waals surface area contributed by atoms with Crippen LogP contribution in [0.3, 0.4) is 0 Å². The normalized spacial score (nSPS) is 10.4. The second kappa shape index (κ2) is 9.64. The minimum Gasteiger partial charge on any atom is -0.493 e. The van der Waals surface area contributed by atoms with Crippen molar-refractivity contribution in [2.45, 2.75) is 6.42 Å². The Morgan fingerprint density at radius 2 is 1.44 bits per heavy atom. The molecule has 0 bridgehead atoms. The summed E-state index contributed by atoms with van der Waals surface area (Å²) in [6.45, 7) is 1.46. The van der Waals surface area contributed by atoms with Gasteiger partial charge in [-0.2, -0.15) is 0 Å². The largest absolute Gasteiger partial charge is 0.493 e. The van der Waals surface area contributed by atoms with Gasteiger partial charge >= 0.3 is 0 Å². The second-order valence-electron chi connectivity index (χ2n) is 6.08. The SMILES string of the molecule is COc1ccc(CCN)cc1OCCOc1ccccc1-c1ccccc1. The van der Waals surface area contributed by atoms with Crippen molar-refractivity contribution in [1.29, 1.82) is 0 Å². The van der Waals surface area contributed by atoms with E-state index >= 15 is 0 Å². The molecule has 0 fully saturated rings. The van der Waals surface area contributed by atoms with Gasteiger partial charge < -0.3 is 19.9 Å². The third kappa shape index (κ3) is 5.02. The maximum atomic E-state index is 5.98. The maximum Gasteiger partial charge on any atom is 0.161 e. The van der Waals surface area contributed by atoms with Crippen LogP contribution in [0, 0.1) is 0 Å². The summed E-state index contributed by atoms with van der Waals surface area (Å²) in [5, 5.41) is 0. The molecule has 0 aromatic heterocycles. The van der Waals surface area contributed by atoms with E-state index in [9.17, 15) is 0 Å². The molecule has 0 aliphatic rings. The van der Waals surface area contributed by atoms with Crippen molar-refractivity contribution < 1.29 is 14.2 Å². The molecule has 0 aliphatic heterocycles. The van der Waals surface area contributed by atoms with Crippen molar-refractivity contribution in [3.05, 3.63) is 78.4 Å². The monoisotopic (exact) mass is 363 g/mol. The minimum atomic E-state index is 0.422. The number of benzene rings is 3. The van der Waals surface area contributed by atoms with Gasteiger partial charge in [0.05, 0.1) is 7.11 Å². The first-order chi connectivity index (χ1) is 13.3. The number of nitrogens with two attached hydrogens (primary N) is 1. The highest BCUT2D eigenvalue weighted by atomic mass is 16.5. The topological polar surface area (TPSA) is 53.7 Å². The molecule has 0 saturated carbocycles. The number of ether oxygens (including phenoxy) is 3. The predicted octanol–water partition coefficient (Wildman–Crippen LogP) is 4.32. The van der Waals surface area contributed by atoms with E-state index in [1.165, 1.54) is 0 Å². The average Bonchev–Trinajstić information content (AvgIpc) is 2.72. The van der Waals surface area contributed by atoms with Gasteiger partial charge in [0.2, 0.25) is 0 Å². The van der Waals surface area contributed by atoms with Gasteiger partial charge in [-0.15, -0.1) is 0 Å². The number of hydrogen-bond donors (Lipinski definition) is 1. The zero-order valence-corrected chi connectivity index (χ0v) is 15.6. The van der Waals surface area contributed by atoms with Crippen molar-refractivity contribution in [3.63, 3.8) is 0 Å². The summed E-state index contributed by atoms with van der Waals surface area (Å²) >= 11 is 0. The molecule has 0 heterocycles. The molecule has 0 aliphatic carbocycles. The molecule has 140 valence electrons. The van der Waals surface area contributed by atoms with E-state index in [-0.39, 0.29) is 0 Å². The Labute approximate surface area is 160 Å². The molecule has 0 spiro atoms. The maximum absolute atomic E-state index is 5.98. The fourth-order valence-electron chi connectivity index (χ4n) is 2.91. The highest BCUT2D eigenvalue weighted by molar-refractivity contribution is 5.70. The third-order valence-corrected chi connectivity index (χ3v) is 4.23. The van der Waals surface area contributed by atoms with Gasteiger partial charge in [-0.25, -0.2) is 0 Å². The van der Waals surface area contributed by atoms with Gasteiger partial charge in [-0.3, -0.25) is 0 Å². The van der Waals surface area contributed by atoms with Crippen molar-refractivity contribution in [1.82, 2.24) is 0 Å². The molecule has 2 N–H and O–H groups in total. The summed E-state index contributed by atoms with van der Waals surface area (Å²) in [7, 11) is 1.64. The fraction of sp³-hybridized carbons (Fsp3) is 0.217. The molecule has 0 atom stereocenters. The van der Waals surface area contributed by atoms with E-state index in [1.54, 1.807) is 7.11 Å². The quantitative estimate of drug-likeness (QED) is 0.575. The van der Waals surface area contributed by atoms with Crippen molar-refractivity contribution >= 4 is 0 Å². The van der Waals surface area contributed by atoms with Crippen LogP contribution >= 0.6 is 0 Å². The lowest BCUT2D eigenvalue weighted by Gasteiger charge is -2.14. The number of hydrogen-bond acceptors (Lipinski definition) is 4. The number of rotatable bonds is 9. The summed E-state index contributed by atoms with van der Waals surface area (Å²) in [5.41, 5.74) is 8.97. The van der Waals surface area contributed by atoms with Gasteiger partial charge in [0, 0.05) is 5.56 Å². The predicted molar refractivity (Wildman–Crippen MR) is 109 cm³/mol. The van der Waals surface area contributed by atoms with Crippen molar-refractivity contribution in [2.24, 2.45) is 5.73 Å². The number of methoxy groups -OCH3 is 1. The van der Waals surface area contributed by atoms with Crippen LogP contribution in [0.15, 0.2) is 72.8 Å². The first-order valence-electron chi connectivity index (χ1n) is 9.09. The lowest BCUT2D eigenvalue weighted by Crippen LogP contribution is -2.10. The summed E-state index contributed by atoms with van der Waals surface area (Å²) < 4.78 is 17.2. The van der Waals surface area contributed by atoms with Crippen LogP contribution in [0.1, 0.15) is 5.56 Å². The first kappa shape index (κ1) is 18.8. The molecule has 3 aromatic carbocycles. The molecule has 27 heavy (non-hydrogen) atoms. The van der Waals surface area contributed by atoms with Crippen LogP contribution in [0.2, 0.25) is 0 Å². The first-order valence-corrected chi connectivity index (χ1v) is 9.09. The molecule has 3 aromatic rings. The Hall–Kier alpha value is -2.98. The average molecular weight is 363 g/mol. The molecule has 0 amide bonds. The van der Waals surface area contributed by atoms with Crippen LogP contribution in [-0.2, 0) is 6.42 Å². The lowest BCUT2D eigenvalue weighted by atomic mass is 10.1. The van der Waals surface area contributed by atoms with Crippen molar-refractivity contribution in [2.75, 3.05) is 26.9 Å². The van der Waals surface area contributed by atoms with Gasteiger partial charge in [0.25, 0.3) is 0 Å². The Morgan fingerprint density at radius 3 is 2.19 bits per heavy atom. The van der Waals surface area contributed by atoms with Gasteiger partial charge in [-0.05, 0) is 42.3 Å². The Balaban J connectivity index is 1.62. The van der Waals surface area contributed by atoms with Gasteiger partial charge in [0.1, 0.15) is 19.0 Å². The Morgan fingerprint density at radius 1 is 0.741 bits per heavy atom. The molecular formula is C23H25NO3. The van der Waals surface area contributed by atoms with E-state index in [0.29, 0.717) is 31.3 Å². The summed E-state index contributed by atoms with van der Waals surface area (Å²) in [5.74, 6) is 2.26. The van der Waals surface area contributed by atoms with E-state index in [0.717, 1.165) is 28.9 Å². The molecule has 0 unspecified atom stereocenters. The van der Waals surface area contributed by atoms with Crippen LogP contribution < -0.4 is 19.9 Å². The van der Waals surface area contributed by atoms with Crippen molar-refractivity contribution in [3.8, 4) is 28.4 Å². The Kier molecular flexibility index (Phi) is 6.72. The molecule has 4 heteroatoms. The molecule has 0 saturated heterocycles. The third-order valence-electron chi connectivity index (χ3n) is 4.23. The van der Waals surface area contributed by atoms with Gasteiger partial charge in [-0.1, -0.05) is 54.6 Å². The smallest absolute Gasteiger partial charge is 0.161 e. The fourth-order valence-corrected chi connectivity index (χ4v) is 2.91. The highest BCUT2D eigenvalue weighted by Crippen LogP contribution is 2.30. The summed E-state index contributed by atoms with van der Waals surface area (Å²) in [6.07, 6.45) is 0.807. The van der Waals surface area contributed by atoms with E-state index in [4.69, 9.17) is 19.9 Å². The van der Waals surface area contributed by atoms with E-state index in [1.807, 2.05) is 54.6 Å². The molecule has 0 radical (unpaired) electrons. The summed E-state index contributed by atoms with van der Waals surface area (Å²) in [6, 6.07) is 24.1. The zero-order chi connectivity index (χ0) is 18.9. The van der Waals surface area contributed by atoms with Crippen LogP contribution in [-0.4, -0.2) is 26.9 Å². The van der Waals surface area contributed by atoms with Crippen LogP contribution in [0.4, 0.5) is 0 Å². The van der Waals surface area contributed by atoms with Crippen LogP contribution in [0.25, 0.3) is 11.1 Å². The Bertz CT molecular complexity index is 849. The molecule has 4 nitrogen and oxygen atoms in total. The second-order valence-corrected chi connectivity index (χ2v) is 6.08. The zero-order valence-electron chi connectivity index (χ0n) is 15.6. The van der Waals surface area contributed by atoms with E-state index in [2.05, 4.69) is 18.2 Å². The standard InChI is InChI=1S/C23H25NO3/c1-25-22-12-11-18(13-14-24)17-23(22)27-16-15-26-21-10-6-5-9-20(21)19-7-3-2-4-8-19/h2-12,17H,13-16,24H2,1H3. The highest BCUT2D eigenvalue weighted by Gasteiger charge is 2.08. The summed E-state index contributed by atoms with van der Waals surface area (Å²) in [4.78, 5) is 0. The van der Waals surface area contributed by atoms with Gasteiger partial charge in [0.15, 0.2) is 11.5 Å². The number of para-hydroxylation sites is 1. The van der Waals surface area contributed by atoms with Crippen LogP contribution in [0.5, 0.6) is 17.2 Å². The minimum absolute atomic E-state index is 0.422. The molecular weight excluding hydrogens is 338 g/mol. The molecule has 3 rings (SSSR count).